The summed E-state index contributed by atoms with van der Waals surface area (Å²) in [5.74, 6) is 0.703. The van der Waals surface area contributed by atoms with Gasteiger partial charge < -0.3 is 10.2 Å². The van der Waals surface area contributed by atoms with Crippen LogP contribution in [-0.4, -0.2) is 44.6 Å². The van der Waals surface area contributed by atoms with Gasteiger partial charge in [-0.15, -0.1) is 0 Å². The molecule has 0 radical (unpaired) electrons. The molecule has 3 atom stereocenters. The highest BCUT2D eigenvalue weighted by molar-refractivity contribution is 6.05. The molecule has 3 aromatic rings. The van der Waals surface area contributed by atoms with E-state index in [2.05, 4.69) is 20.5 Å². The topological polar surface area (TPSA) is 73.9 Å². The number of hydrogen-bond acceptors (Lipinski definition) is 4. The summed E-state index contributed by atoms with van der Waals surface area (Å²) in [6.07, 6.45) is -0.149. The molecule has 5 rings (SSSR count). The lowest BCUT2D eigenvalue weighted by molar-refractivity contribution is -0.137. The maximum atomic E-state index is 13.2. The van der Waals surface area contributed by atoms with E-state index in [1.165, 1.54) is 6.07 Å². The number of halogens is 3. The van der Waals surface area contributed by atoms with Crippen molar-refractivity contribution in [2.75, 3.05) is 11.9 Å². The minimum absolute atomic E-state index is 0.0187. The molecule has 0 spiro atoms. The van der Waals surface area contributed by atoms with Crippen LogP contribution in [0.1, 0.15) is 28.8 Å². The SMILES string of the molecule is O=C(c1cccc2cn[nH]c12)N1CC2CC(Nc3ccc(C(F)(F)F)cn3)C1C2. The fraction of sp³-hybridized carbons (Fsp3) is 0.350. The number of nitrogens with zero attached hydrogens (tertiary/aromatic N) is 3. The molecule has 1 aliphatic heterocycles. The van der Waals surface area contributed by atoms with Crippen LogP contribution in [0.4, 0.5) is 19.0 Å². The summed E-state index contributed by atoms with van der Waals surface area (Å²) in [5, 5.41) is 11.0. The van der Waals surface area contributed by atoms with Gasteiger partial charge in [-0.1, -0.05) is 12.1 Å². The van der Waals surface area contributed by atoms with Crippen molar-refractivity contribution in [3.05, 3.63) is 53.9 Å². The van der Waals surface area contributed by atoms with Crippen LogP contribution < -0.4 is 5.32 Å². The first kappa shape index (κ1) is 18.0. The summed E-state index contributed by atoms with van der Waals surface area (Å²) < 4.78 is 38.2. The van der Waals surface area contributed by atoms with Crippen molar-refractivity contribution in [3.63, 3.8) is 0 Å². The third-order valence-electron chi connectivity index (χ3n) is 5.87. The zero-order valence-electron chi connectivity index (χ0n) is 15.3. The number of piperidine rings is 1. The third kappa shape index (κ3) is 3.10. The molecule has 2 aromatic heterocycles. The quantitative estimate of drug-likeness (QED) is 0.702. The third-order valence-corrected chi connectivity index (χ3v) is 5.87. The Morgan fingerprint density at radius 1 is 1.17 bits per heavy atom. The maximum absolute atomic E-state index is 13.2. The molecule has 2 N–H and O–H groups in total. The maximum Gasteiger partial charge on any atom is 0.417 e. The van der Waals surface area contributed by atoms with Gasteiger partial charge in [0.15, 0.2) is 0 Å². The van der Waals surface area contributed by atoms with E-state index in [1.54, 1.807) is 12.3 Å². The standard InChI is InChI=1S/C20H18F3N5O/c21-20(22,23)13-4-5-17(24-9-13)26-15-6-11-7-16(15)28(10-11)19(29)14-3-1-2-12-8-25-27-18(12)14/h1-5,8-9,11,15-16H,6-7,10H2,(H,24,26)(H,25,27). The summed E-state index contributed by atoms with van der Waals surface area (Å²) in [4.78, 5) is 19.0. The first-order chi connectivity index (χ1) is 13.9. The highest BCUT2D eigenvalue weighted by Gasteiger charge is 2.47. The van der Waals surface area contributed by atoms with Crippen molar-refractivity contribution < 1.29 is 18.0 Å². The second-order valence-corrected chi connectivity index (χ2v) is 7.68. The Labute approximate surface area is 164 Å². The first-order valence-electron chi connectivity index (χ1n) is 9.43. The lowest BCUT2D eigenvalue weighted by atomic mass is 10.0. The van der Waals surface area contributed by atoms with Gasteiger partial charge in [-0.05, 0) is 37.0 Å². The van der Waals surface area contributed by atoms with Crippen LogP contribution in [0.25, 0.3) is 10.9 Å². The van der Waals surface area contributed by atoms with Gasteiger partial charge in [-0.3, -0.25) is 9.89 Å². The number of amides is 1. The molecule has 29 heavy (non-hydrogen) atoms. The van der Waals surface area contributed by atoms with Crippen molar-refractivity contribution in [3.8, 4) is 0 Å². The molecular formula is C20H18F3N5O. The Kier molecular flexibility index (Phi) is 4.01. The van der Waals surface area contributed by atoms with E-state index in [0.29, 0.717) is 29.4 Å². The van der Waals surface area contributed by atoms with Crippen molar-refractivity contribution in [2.45, 2.75) is 31.1 Å². The number of para-hydroxylation sites is 1. The molecule has 1 saturated carbocycles. The van der Waals surface area contributed by atoms with Gasteiger partial charge in [0.25, 0.3) is 5.91 Å². The molecular weight excluding hydrogens is 383 g/mol. The largest absolute Gasteiger partial charge is 0.417 e. The molecule has 2 aliphatic rings. The van der Waals surface area contributed by atoms with Gasteiger partial charge in [-0.2, -0.15) is 18.3 Å². The summed E-state index contributed by atoms with van der Waals surface area (Å²) >= 11 is 0. The number of H-pyrrole nitrogens is 1. The smallest absolute Gasteiger partial charge is 0.365 e. The number of carbonyl (C=O) groups excluding carboxylic acids is 1. The molecule has 1 aromatic carbocycles. The number of alkyl halides is 3. The van der Waals surface area contributed by atoms with Crippen LogP contribution in [0.3, 0.4) is 0 Å². The van der Waals surface area contributed by atoms with E-state index in [-0.39, 0.29) is 18.0 Å². The minimum atomic E-state index is -4.41. The second kappa shape index (κ2) is 6.47. The average Bonchev–Trinajstić information content (AvgIpc) is 3.42. The summed E-state index contributed by atoms with van der Waals surface area (Å²) in [6, 6.07) is 7.82. The van der Waals surface area contributed by atoms with Crippen LogP contribution in [-0.2, 0) is 6.18 Å². The van der Waals surface area contributed by atoms with E-state index in [0.717, 1.165) is 30.5 Å². The Morgan fingerprint density at radius 2 is 2.03 bits per heavy atom. The predicted octanol–water partition coefficient (Wildman–Crippen LogP) is 3.69. The van der Waals surface area contributed by atoms with Gasteiger partial charge in [-0.25, -0.2) is 4.98 Å². The van der Waals surface area contributed by atoms with Gasteiger partial charge in [0.2, 0.25) is 0 Å². The van der Waals surface area contributed by atoms with Gasteiger partial charge >= 0.3 is 6.18 Å². The van der Waals surface area contributed by atoms with Crippen molar-refractivity contribution in [2.24, 2.45) is 5.92 Å². The molecule has 1 amide bonds. The number of pyridine rings is 1. The highest BCUT2D eigenvalue weighted by atomic mass is 19.4. The van der Waals surface area contributed by atoms with Gasteiger partial charge in [0, 0.05) is 24.2 Å². The normalized spacial score (nSPS) is 23.7. The monoisotopic (exact) mass is 401 g/mol. The first-order valence-corrected chi connectivity index (χ1v) is 9.43. The lowest BCUT2D eigenvalue weighted by Gasteiger charge is -2.34. The number of carbonyl (C=O) groups is 1. The van der Waals surface area contributed by atoms with Crippen LogP contribution >= 0.6 is 0 Å². The molecule has 1 saturated heterocycles. The number of nitrogens with one attached hydrogen (secondary N) is 2. The lowest BCUT2D eigenvalue weighted by Crippen LogP contribution is -2.47. The highest BCUT2D eigenvalue weighted by Crippen LogP contribution is 2.40. The van der Waals surface area contributed by atoms with E-state index < -0.39 is 11.7 Å². The number of hydrogen-bond donors (Lipinski definition) is 2. The van der Waals surface area contributed by atoms with Crippen molar-refractivity contribution in [1.82, 2.24) is 20.1 Å². The number of aromatic nitrogens is 3. The molecule has 6 nitrogen and oxygen atoms in total. The Balaban J connectivity index is 1.35. The molecule has 150 valence electrons. The van der Waals surface area contributed by atoms with E-state index in [4.69, 9.17) is 0 Å². The summed E-state index contributed by atoms with van der Waals surface area (Å²) in [5.41, 5.74) is 0.522. The number of rotatable bonds is 3. The van der Waals surface area contributed by atoms with Crippen molar-refractivity contribution in [1.29, 1.82) is 0 Å². The number of benzene rings is 1. The molecule has 9 heteroatoms. The Hall–Kier alpha value is -3.10. The number of likely N-dealkylation sites (tertiary alicyclic amines) is 1. The fourth-order valence-electron chi connectivity index (χ4n) is 4.55. The van der Waals surface area contributed by atoms with Crippen LogP contribution in [0.15, 0.2) is 42.7 Å². The second-order valence-electron chi connectivity index (χ2n) is 7.68. The van der Waals surface area contributed by atoms with Crippen LogP contribution in [0.2, 0.25) is 0 Å². The zero-order valence-corrected chi connectivity index (χ0v) is 15.3. The molecule has 1 aliphatic carbocycles. The zero-order chi connectivity index (χ0) is 20.2. The molecule has 2 fully saturated rings. The van der Waals surface area contributed by atoms with Crippen LogP contribution in [0.5, 0.6) is 0 Å². The number of anilines is 1. The van der Waals surface area contributed by atoms with Gasteiger partial charge in [0.1, 0.15) is 5.82 Å². The number of fused-ring (bicyclic) bond motifs is 3. The Bertz CT molecular complexity index is 1060. The van der Waals surface area contributed by atoms with E-state index >= 15 is 0 Å². The number of aromatic amines is 1. The minimum Gasteiger partial charge on any atom is -0.365 e. The van der Waals surface area contributed by atoms with E-state index in [1.807, 2.05) is 17.0 Å². The summed E-state index contributed by atoms with van der Waals surface area (Å²) in [6.45, 7) is 0.687. The molecule has 3 heterocycles. The van der Waals surface area contributed by atoms with Crippen LogP contribution in [0, 0.1) is 5.92 Å². The van der Waals surface area contributed by atoms with E-state index in [9.17, 15) is 18.0 Å². The Morgan fingerprint density at radius 3 is 2.76 bits per heavy atom. The molecule has 2 bridgehead atoms. The van der Waals surface area contributed by atoms with Crippen molar-refractivity contribution >= 4 is 22.6 Å². The molecule has 3 unspecified atom stereocenters. The van der Waals surface area contributed by atoms with Gasteiger partial charge in [0.05, 0.1) is 28.9 Å². The predicted molar refractivity (Wildman–Crippen MR) is 100 cm³/mol. The summed E-state index contributed by atoms with van der Waals surface area (Å²) in [7, 11) is 0. The fourth-order valence-corrected chi connectivity index (χ4v) is 4.55. The average molecular weight is 401 g/mol.